The van der Waals surface area contributed by atoms with Gasteiger partial charge in [0.25, 0.3) is 5.91 Å². The normalized spacial score (nSPS) is 13.9. The summed E-state index contributed by atoms with van der Waals surface area (Å²) in [4.78, 5) is 21.5. The molecule has 0 bridgehead atoms. The fourth-order valence-corrected chi connectivity index (χ4v) is 4.00. The van der Waals surface area contributed by atoms with E-state index in [-0.39, 0.29) is 6.04 Å². The smallest absolute Gasteiger partial charge is 0.254 e. The molecule has 2 heterocycles. The SMILES string of the molecule is C=CC=O.CNc1ccccc1C1CCNc2c(C(N)=O)c(-c3ccc(OC)c(OC)c3)nn21. The van der Waals surface area contributed by atoms with Gasteiger partial charge < -0.3 is 25.8 Å². The predicted molar refractivity (Wildman–Crippen MR) is 133 cm³/mol. The van der Waals surface area contributed by atoms with Crippen LogP contribution in [0.2, 0.25) is 0 Å². The van der Waals surface area contributed by atoms with Gasteiger partial charge in [-0.3, -0.25) is 9.59 Å². The van der Waals surface area contributed by atoms with Gasteiger partial charge in [0.2, 0.25) is 0 Å². The van der Waals surface area contributed by atoms with E-state index in [9.17, 15) is 4.79 Å². The van der Waals surface area contributed by atoms with Crippen LogP contribution < -0.4 is 25.8 Å². The maximum atomic E-state index is 12.4. The maximum Gasteiger partial charge on any atom is 0.254 e. The monoisotopic (exact) mass is 463 g/mol. The van der Waals surface area contributed by atoms with Crippen LogP contribution in [0, 0.1) is 0 Å². The lowest BCUT2D eigenvalue weighted by Gasteiger charge is -2.27. The molecule has 0 radical (unpaired) electrons. The van der Waals surface area contributed by atoms with Gasteiger partial charge in [0.15, 0.2) is 11.5 Å². The van der Waals surface area contributed by atoms with Gasteiger partial charge in [-0.15, -0.1) is 0 Å². The van der Waals surface area contributed by atoms with Crippen LogP contribution in [0.3, 0.4) is 0 Å². The lowest BCUT2D eigenvalue weighted by molar-refractivity contribution is -0.104. The van der Waals surface area contributed by atoms with Crippen molar-refractivity contribution in [2.24, 2.45) is 5.73 Å². The Kier molecular flexibility index (Phi) is 7.92. The number of methoxy groups -OCH3 is 2. The number of hydrogen-bond donors (Lipinski definition) is 3. The number of aldehydes is 1. The highest BCUT2D eigenvalue weighted by molar-refractivity contribution is 6.04. The predicted octanol–water partition coefficient (Wildman–Crippen LogP) is 3.48. The minimum absolute atomic E-state index is 0.0307. The second kappa shape index (κ2) is 11.0. The number of aromatic nitrogens is 2. The number of allylic oxidation sites excluding steroid dienone is 1. The van der Waals surface area contributed by atoms with Crippen LogP contribution in [-0.4, -0.2) is 49.8 Å². The van der Waals surface area contributed by atoms with Gasteiger partial charge in [-0.05, 0) is 42.3 Å². The number of nitrogens with zero attached hydrogens (tertiary/aromatic N) is 2. The Labute approximate surface area is 198 Å². The lowest BCUT2D eigenvalue weighted by Crippen LogP contribution is -2.26. The molecule has 1 unspecified atom stereocenters. The van der Waals surface area contributed by atoms with Crippen molar-refractivity contribution in [3.05, 3.63) is 66.2 Å². The molecule has 1 atom stereocenters. The summed E-state index contributed by atoms with van der Waals surface area (Å²) in [7, 11) is 5.05. The first-order chi connectivity index (χ1) is 16.5. The molecule has 0 aliphatic carbocycles. The minimum Gasteiger partial charge on any atom is -0.493 e. The van der Waals surface area contributed by atoms with E-state index in [0.29, 0.717) is 41.4 Å². The van der Waals surface area contributed by atoms with Gasteiger partial charge in [-0.1, -0.05) is 24.8 Å². The average molecular weight is 464 g/mol. The summed E-state index contributed by atoms with van der Waals surface area (Å²) in [5.74, 6) is 1.26. The molecule has 0 fully saturated rings. The van der Waals surface area contributed by atoms with E-state index in [2.05, 4.69) is 23.3 Å². The third kappa shape index (κ3) is 4.73. The van der Waals surface area contributed by atoms with Gasteiger partial charge in [-0.2, -0.15) is 5.10 Å². The molecule has 3 aromatic rings. The molecule has 2 aromatic carbocycles. The number of primary amides is 1. The molecule has 1 aliphatic heterocycles. The number of ether oxygens (including phenoxy) is 2. The number of nitrogens with two attached hydrogens (primary N) is 1. The van der Waals surface area contributed by atoms with E-state index >= 15 is 0 Å². The van der Waals surface area contributed by atoms with Crippen molar-refractivity contribution in [2.45, 2.75) is 12.5 Å². The number of para-hydroxylation sites is 1. The number of carbonyl (C=O) groups is 2. The summed E-state index contributed by atoms with van der Waals surface area (Å²) >= 11 is 0. The molecular weight excluding hydrogens is 434 g/mol. The molecule has 0 spiro atoms. The number of amides is 1. The molecule has 4 N–H and O–H groups in total. The van der Waals surface area contributed by atoms with Gasteiger partial charge in [-0.25, -0.2) is 4.68 Å². The number of fused-ring (bicyclic) bond motifs is 1. The van der Waals surface area contributed by atoms with Crippen LogP contribution in [-0.2, 0) is 4.79 Å². The Morgan fingerprint density at radius 3 is 2.56 bits per heavy atom. The largest absolute Gasteiger partial charge is 0.493 e. The number of rotatable bonds is 7. The Morgan fingerprint density at radius 2 is 1.94 bits per heavy atom. The Hall–Kier alpha value is -4.27. The van der Waals surface area contributed by atoms with Crippen LogP contribution in [0.5, 0.6) is 11.5 Å². The summed E-state index contributed by atoms with van der Waals surface area (Å²) in [6.07, 6.45) is 2.66. The zero-order valence-corrected chi connectivity index (χ0v) is 19.5. The summed E-state index contributed by atoms with van der Waals surface area (Å²) < 4.78 is 12.6. The van der Waals surface area contributed by atoms with Crippen molar-refractivity contribution in [1.29, 1.82) is 0 Å². The highest BCUT2D eigenvalue weighted by Crippen LogP contribution is 2.40. The van der Waals surface area contributed by atoms with Gasteiger partial charge in [0.05, 0.1) is 20.3 Å². The first kappa shape index (κ1) is 24.4. The van der Waals surface area contributed by atoms with Gasteiger partial charge in [0.1, 0.15) is 23.4 Å². The molecule has 1 amide bonds. The van der Waals surface area contributed by atoms with E-state index < -0.39 is 5.91 Å². The van der Waals surface area contributed by atoms with Crippen molar-refractivity contribution in [1.82, 2.24) is 9.78 Å². The molecule has 34 heavy (non-hydrogen) atoms. The molecule has 0 saturated heterocycles. The molecule has 0 saturated carbocycles. The zero-order valence-electron chi connectivity index (χ0n) is 19.5. The van der Waals surface area contributed by atoms with Gasteiger partial charge >= 0.3 is 0 Å². The number of carbonyl (C=O) groups excluding carboxylic acids is 2. The van der Waals surface area contributed by atoms with Crippen LogP contribution in [0.1, 0.15) is 28.4 Å². The van der Waals surface area contributed by atoms with E-state index in [1.54, 1.807) is 26.4 Å². The summed E-state index contributed by atoms with van der Waals surface area (Å²) in [5, 5.41) is 11.4. The van der Waals surface area contributed by atoms with Crippen LogP contribution in [0.4, 0.5) is 11.5 Å². The van der Waals surface area contributed by atoms with E-state index in [1.807, 2.05) is 36.0 Å². The summed E-state index contributed by atoms with van der Waals surface area (Å²) in [5.41, 5.74) is 9.54. The molecule has 1 aromatic heterocycles. The van der Waals surface area contributed by atoms with Crippen molar-refractivity contribution in [2.75, 3.05) is 38.4 Å². The average Bonchev–Trinajstić information content (AvgIpc) is 3.28. The number of benzene rings is 2. The quantitative estimate of drug-likeness (QED) is 0.362. The van der Waals surface area contributed by atoms with Crippen molar-refractivity contribution in [3.63, 3.8) is 0 Å². The third-order valence-corrected chi connectivity index (χ3v) is 5.50. The molecule has 4 rings (SSSR count). The Balaban J connectivity index is 0.000000751. The fraction of sp³-hybridized carbons (Fsp3) is 0.240. The molecule has 9 heteroatoms. The van der Waals surface area contributed by atoms with Crippen molar-refractivity contribution >= 4 is 23.7 Å². The van der Waals surface area contributed by atoms with E-state index in [0.717, 1.165) is 23.2 Å². The van der Waals surface area contributed by atoms with Crippen molar-refractivity contribution < 1.29 is 19.1 Å². The minimum atomic E-state index is -0.531. The molecule has 9 nitrogen and oxygen atoms in total. The second-order valence-electron chi connectivity index (χ2n) is 7.39. The molecule has 178 valence electrons. The first-order valence-electron chi connectivity index (χ1n) is 10.7. The highest BCUT2D eigenvalue weighted by atomic mass is 16.5. The Bertz CT molecular complexity index is 1180. The fourth-order valence-electron chi connectivity index (χ4n) is 4.00. The second-order valence-corrected chi connectivity index (χ2v) is 7.39. The standard InChI is InChI=1S/C22H25N5O3.C3H4O/c1-24-15-7-5-4-6-14(15)16-10-11-25-22-19(21(23)28)20(26-27(16)22)13-8-9-17(29-2)18(12-13)30-3;1-2-3-4/h4-9,12,16,24-25H,10-11H2,1-3H3,(H2,23,28);2-3H,1H2. The van der Waals surface area contributed by atoms with Crippen molar-refractivity contribution in [3.8, 4) is 22.8 Å². The van der Waals surface area contributed by atoms with Crippen LogP contribution >= 0.6 is 0 Å². The maximum absolute atomic E-state index is 12.4. The number of nitrogens with one attached hydrogen (secondary N) is 2. The third-order valence-electron chi connectivity index (χ3n) is 5.50. The van der Waals surface area contributed by atoms with Crippen LogP contribution in [0.25, 0.3) is 11.3 Å². The van der Waals surface area contributed by atoms with E-state index in [1.165, 1.54) is 6.08 Å². The topological polar surface area (TPSA) is 120 Å². The molecule has 1 aliphatic rings. The van der Waals surface area contributed by atoms with Crippen LogP contribution in [0.15, 0.2) is 55.1 Å². The van der Waals surface area contributed by atoms with E-state index in [4.69, 9.17) is 25.1 Å². The number of hydrogen-bond acceptors (Lipinski definition) is 7. The number of anilines is 2. The summed E-state index contributed by atoms with van der Waals surface area (Å²) in [6, 6.07) is 13.5. The molecular formula is C25H29N5O4. The zero-order chi connectivity index (χ0) is 24.7. The summed E-state index contributed by atoms with van der Waals surface area (Å²) in [6.45, 7) is 3.82. The van der Waals surface area contributed by atoms with Gasteiger partial charge in [0, 0.05) is 24.8 Å². The highest BCUT2D eigenvalue weighted by Gasteiger charge is 2.31. The first-order valence-corrected chi connectivity index (χ1v) is 10.7. The Morgan fingerprint density at radius 1 is 1.24 bits per heavy atom. The lowest BCUT2D eigenvalue weighted by atomic mass is 10.00.